The maximum absolute atomic E-state index is 10.9. The molecule has 1 aliphatic rings. The SMILES string of the molecule is O=C(O)NC1CCN(c2cccnc2Oc2ccc(Nc3ccccn3)cc2)C1. The molecule has 0 aliphatic carbocycles. The summed E-state index contributed by atoms with van der Waals surface area (Å²) in [7, 11) is 0. The molecule has 1 atom stereocenters. The van der Waals surface area contributed by atoms with E-state index in [1.54, 1.807) is 12.4 Å². The van der Waals surface area contributed by atoms with Crippen molar-refractivity contribution in [1.29, 1.82) is 0 Å². The van der Waals surface area contributed by atoms with Crippen LogP contribution in [0.1, 0.15) is 6.42 Å². The first-order chi connectivity index (χ1) is 14.2. The molecule has 3 aromatic rings. The normalized spacial score (nSPS) is 15.7. The zero-order chi connectivity index (χ0) is 20.1. The van der Waals surface area contributed by atoms with Crippen molar-refractivity contribution < 1.29 is 14.6 Å². The summed E-state index contributed by atoms with van der Waals surface area (Å²) in [6.45, 7) is 1.32. The lowest BCUT2D eigenvalue weighted by atomic mass is 10.3. The van der Waals surface area contributed by atoms with E-state index in [1.807, 2.05) is 54.6 Å². The topological polar surface area (TPSA) is 99.6 Å². The molecule has 1 aliphatic heterocycles. The van der Waals surface area contributed by atoms with Crippen LogP contribution in [0.15, 0.2) is 67.0 Å². The van der Waals surface area contributed by atoms with E-state index in [1.165, 1.54) is 0 Å². The van der Waals surface area contributed by atoms with Gasteiger partial charge < -0.3 is 25.4 Å². The quantitative estimate of drug-likeness (QED) is 0.587. The van der Waals surface area contributed by atoms with Crippen LogP contribution in [0.25, 0.3) is 0 Å². The van der Waals surface area contributed by atoms with Crippen molar-refractivity contribution >= 4 is 23.3 Å². The van der Waals surface area contributed by atoms with E-state index in [0.717, 1.165) is 30.2 Å². The Balaban J connectivity index is 1.44. The van der Waals surface area contributed by atoms with Gasteiger partial charge in [-0.3, -0.25) is 0 Å². The van der Waals surface area contributed by atoms with E-state index in [4.69, 9.17) is 9.84 Å². The maximum atomic E-state index is 10.9. The molecule has 8 heteroatoms. The number of hydrogen-bond acceptors (Lipinski definition) is 6. The highest BCUT2D eigenvalue weighted by molar-refractivity contribution is 5.65. The smallest absolute Gasteiger partial charge is 0.404 e. The first-order valence-electron chi connectivity index (χ1n) is 9.33. The number of benzene rings is 1. The Hall–Kier alpha value is -3.81. The predicted octanol–water partition coefficient (Wildman–Crippen LogP) is 3.86. The van der Waals surface area contributed by atoms with Crippen molar-refractivity contribution in [2.24, 2.45) is 0 Å². The van der Waals surface area contributed by atoms with Gasteiger partial charge in [0, 0.05) is 31.2 Å². The first kappa shape index (κ1) is 18.5. The van der Waals surface area contributed by atoms with Gasteiger partial charge in [0.25, 0.3) is 0 Å². The summed E-state index contributed by atoms with van der Waals surface area (Å²) in [4.78, 5) is 21.6. The number of aromatic nitrogens is 2. The first-order valence-corrected chi connectivity index (χ1v) is 9.33. The van der Waals surface area contributed by atoms with Gasteiger partial charge in [0.15, 0.2) is 0 Å². The Bertz CT molecular complexity index is 966. The number of carboxylic acid groups (broad SMARTS) is 1. The molecule has 0 saturated carbocycles. The number of carbonyl (C=O) groups is 1. The van der Waals surface area contributed by atoms with Gasteiger partial charge in [-0.2, -0.15) is 0 Å². The van der Waals surface area contributed by atoms with Crippen molar-refractivity contribution in [1.82, 2.24) is 15.3 Å². The molecule has 0 radical (unpaired) electrons. The minimum absolute atomic E-state index is 0.0995. The van der Waals surface area contributed by atoms with Gasteiger partial charge in [-0.05, 0) is 55.0 Å². The fourth-order valence-corrected chi connectivity index (χ4v) is 3.28. The molecular weight excluding hydrogens is 370 g/mol. The van der Waals surface area contributed by atoms with Crippen molar-refractivity contribution in [2.75, 3.05) is 23.3 Å². The lowest BCUT2D eigenvalue weighted by molar-refractivity contribution is 0.191. The minimum Gasteiger partial charge on any atom is -0.465 e. The summed E-state index contributed by atoms with van der Waals surface area (Å²) in [5.74, 6) is 1.93. The van der Waals surface area contributed by atoms with Gasteiger partial charge in [0.05, 0.1) is 6.04 Å². The average molecular weight is 391 g/mol. The number of hydrogen-bond donors (Lipinski definition) is 3. The second kappa shape index (κ2) is 8.47. The van der Waals surface area contributed by atoms with Crippen molar-refractivity contribution in [3.8, 4) is 11.6 Å². The lowest BCUT2D eigenvalue weighted by Crippen LogP contribution is -2.36. The Morgan fingerprint density at radius 3 is 2.66 bits per heavy atom. The van der Waals surface area contributed by atoms with Gasteiger partial charge in [-0.15, -0.1) is 0 Å². The zero-order valence-corrected chi connectivity index (χ0v) is 15.7. The standard InChI is InChI=1S/C21H21N5O3/c27-21(28)25-16-10-13-26(14-16)18-4-3-12-23-20(18)29-17-8-6-15(7-9-17)24-19-5-1-2-11-22-19/h1-9,11-12,16,25H,10,13-14H2,(H,22,24)(H,27,28). The van der Waals surface area contributed by atoms with E-state index < -0.39 is 6.09 Å². The second-order valence-corrected chi connectivity index (χ2v) is 6.68. The minimum atomic E-state index is -1.00. The number of amides is 1. The second-order valence-electron chi connectivity index (χ2n) is 6.68. The highest BCUT2D eigenvalue weighted by atomic mass is 16.5. The van der Waals surface area contributed by atoms with Crippen LogP contribution < -0.4 is 20.3 Å². The van der Waals surface area contributed by atoms with Gasteiger partial charge in [-0.1, -0.05) is 6.07 Å². The van der Waals surface area contributed by atoms with Crippen LogP contribution in [-0.2, 0) is 0 Å². The van der Waals surface area contributed by atoms with Gasteiger partial charge >= 0.3 is 6.09 Å². The van der Waals surface area contributed by atoms with E-state index in [2.05, 4.69) is 25.5 Å². The van der Waals surface area contributed by atoms with Crippen LogP contribution in [0.3, 0.4) is 0 Å². The third kappa shape index (κ3) is 4.73. The Kier molecular flexibility index (Phi) is 5.42. The van der Waals surface area contributed by atoms with Gasteiger partial charge in [-0.25, -0.2) is 14.8 Å². The monoisotopic (exact) mass is 391 g/mol. The number of pyridine rings is 2. The van der Waals surface area contributed by atoms with Crippen LogP contribution in [0.5, 0.6) is 11.6 Å². The molecule has 1 amide bonds. The van der Waals surface area contributed by atoms with Crippen LogP contribution >= 0.6 is 0 Å². The highest BCUT2D eigenvalue weighted by Gasteiger charge is 2.26. The van der Waals surface area contributed by atoms with Crippen LogP contribution in [0.2, 0.25) is 0 Å². The summed E-state index contributed by atoms with van der Waals surface area (Å²) in [5, 5.41) is 14.7. The van der Waals surface area contributed by atoms with E-state index >= 15 is 0 Å². The predicted molar refractivity (Wildman–Crippen MR) is 110 cm³/mol. The molecule has 148 valence electrons. The number of anilines is 3. The molecular formula is C21H21N5O3. The molecule has 2 aromatic heterocycles. The molecule has 0 bridgehead atoms. The molecule has 3 N–H and O–H groups in total. The van der Waals surface area contributed by atoms with E-state index in [9.17, 15) is 4.79 Å². The molecule has 1 aromatic carbocycles. The molecule has 1 saturated heterocycles. The van der Waals surface area contributed by atoms with Crippen molar-refractivity contribution in [3.05, 3.63) is 67.0 Å². The number of rotatable bonds is 6. The molecule has 8 nitrogen and oxygen atoms in total. The zero-order valence-electron chi connectivity index (χ0n) is 15.7. The molecule has 1 unspecified atom stereocenters. The third-order valence-corrected chi connectivity index (χ3v) is 4.61. The Labute approximate surface area is 168 Å². The third-order valence-electron chi connectivity index (χ3n) is 4.61. The van der Waals surface area contributed by atoms with Gasteiger partial charge in [0.2, 0.25) is 5.88 Å². The van der Waals surface area contributed by atoms with Crippen LogP contribution in [0.4, 0.5) is 22.0 Å². The summed E-state index contributed by atoms with van der Waals surface area (Å²) in [6, 6.07) is 16.9. The molecule has 3 heterocycles. The number of nitrogens with zero attached hydrogens (tertiary/aromatic N) is 3. The summed E-state index contributed by atoms with van der Waals surface area (Å²) in [6.07, 6.45) is 3.16. The van der Waals surface area contributed by atoms with Crippen LogP contribution in [0, 0.1) is 0 Å². The van der Waals surface area contributed by atoms with E-state index in [0.29, 0.717) is 18.2 Å². The fourth-order valence-electron chi connectivity index (χ4n) is 3.28. The molecule has 1 fully saturated rings. The number of ether oxygens (including phenoxy) is 1. The summed E-state index contributed by atoms with van der Waals surface area (Å²) >= 11 is 0. The summed E-state index contributed by atoms with van der Waals surface area (Å²) < 4.78 is 6.01. The molecule has 4 rings (SSSR count). The molecule has 29 heavy (non-hydrogen) atoms. The maximum Gasteiger partial charge on any atom is 0.404 e. The lowest BCUT2D eigenvalue weighted by Gasteiger charge is -2.21. The Morgan fingerprint density at radius 2 is 1.90 bits per heavy atom. The summed E-state index contributed by atoms with van der Waals surface area (Å²) in [5.41, 5.74) is 1.75. The number of nitrogens with one attached hydrogen (secondary N) is 2. The van der Waals surface area contributed by atoms with Gasteiger partial charge in [0.1, 0.15) is 17.3 Å². The van der Waals surface area contributed by atoms with E-state index in [-0.39, 0.29) is 6.04 Å². The van der Waals surface area contributed by atoms with Crippen molar-refractivity contribution in [2.45, 2.75) is 12.5 Å². The highest BCUT2D eigenvalue weighted by Crippen LogP contribution is 2.32. The van der Waals surface area contributed by atoms with Crippen LogP contribution in [-0.4, -0.2) is 40.3 Å². The van der Waals surface area contributed by atoms with Crippen molar-refractivity contribution in [3.63, 3.8) is 0 Å². The molecule has 0 spiro atoms. The fraction of sp³-hybridized carbons (Fsp3) is 0.190. The average Bonchev–Trinajstić information content (AvgIpc) is 3.18. The largest absolute Gasteiger partial charge is 0.465 e. The Morgan fingerprint density at radius 1 is 1.07 bits per heavy atom.